The number of hydrogen-bond donors (Lipinski definition) is 1. The van der Waals surface area contributed by atoms with E-state index in [2.05, 4.69) is 4.72 Å². The fourth-order valence-electron chi connectivity index (χ4n) is 3.65. The summed E-state index contributed by atoms with van der Waals surface area (Å²) in [5.41, 5.74) is 1.07. The zero-order chi connectivity index (χ0) is 24.5. The van der Waals surface area contributed by atoms with Crippen molar-refractivity contribution >= 4 is 51.7 Å². The van der Waals surface area contributed by atoms with Crippen LogP contribution in [0, 0.1) is 0 Å². The Morgan fingerprint density at radius 2 is 1.94 bits per heavy atom. The average molecular weight is 547 g/mol. The largest absolute Gasteiger partial charge is 0.587 e. The summed E-state index contributed by atoms with van der Waals surface area (Å²) in [6.45, 7) is 1.31. The number of alkyl halides is 3. The molecular weight excluding hydrogens is 525 g/mol. The molecule has 2 heterocycles. The normalized spacial score (nSPS) is 17.7. The molecule has 1 aliphatic heterocycles. The van der Waals surface area contributed by atoms with Gasteiger partial charge in [0.2, 0.25) is 4.21 Å². The first-order valence-electron chi connectivity index (χ1n) is 10.3. The molecule has 34 heavy (non-hydrogen) atoms. The predicted octanol–water partition coefficient (Wildman–Crippen LogP) is 7.03. The van der Waals surface area contributed by atoms with Crippen molar-refractivity contribution in [1.82, 2.24) is 4.90 Å². The van der Waals surface area contributed by atoms with Gasteiger partial charge in [0.25, 0.3) is 0 Å². The Labute approximate surface area is 212 Å². The van der Waals surface area contributed by atoms with Crippen molar-refractivity contribution in [2.24, 2.45) is 0 Å². The van der Waals surface area contributed by atoms with Crippen LogP contribution in [0.1, 0.15) is 12.0 Å². The first-order valence-corrected chi connectivity index (χ1v) is 13.9. The summed E-state index contributed by atoms with van der Waals surface area (Å²) in [6, 6.07) is 13.1. The van der Waals surface area contributed by atoms with Crippen LogP contribution in [0.15, 0.2) is 57.6 Å². The average Bonchev–Trinajstić information content (AvgIpc) is 3.38. The zero-order valence-corrected chi connectivity index (χ0v) is 21.5. The highest BCUT2D eigenvalue weighted by atomic mass is 35.5. The molecule has 0 radical (unpaired) electrons. The van der Waals surface area contributed by atoms with Gasteiger partial charge in [-0.15, -0.1) is 11.8 Å². The lowest BCUT2D eigenvalue weighted by molar-refractivity contribution is -0.139. The first kappa shape index (κ1) is 25.5. The summed E-state index contributed by atoms with van der Waals surface area (Å²) in [4.78, 5) is 3.12. The number of rotatable bonds is 7. The molecule has 182 valence electrons. The third kappa shape index (κ3) is 5.98. The minimum absolute atomic E-state index is 0.267. The molecule has 0 bridgehead atoms. The number of nitrogens with zero attached hydrogens (tertiary/aromatic N) is 1. The smallest absolute Gasteiger partial charge is 0.419 e. The highest BCUT2D eigenvalue weighted by molar-refractivity contribution is 7.98. The van der Waals surface area contributed by atoms with Crippen molar-refractivity contribution in [2.45, 2.75) is 27.8 Å². The molecule has 0 aliphatic carbocycles. The summed E-state index contributed by atoms with van der Waals surface area (Å²) in [5, 5.41) is 0. The van der Waals surface area contributed by atoms with E-state index in [4.69, 9.17) is 16.3 Å². The Bertz CT molecular complexity index is 1140. The SMILES string of the molecule is CSc1ccc(-c2cc([S+]([O-])Nc3ccc(C(F)(F)F)c(O[C@@H]4CCN(C)C4)c3)sc2Cl)cc1. The van der Waals surface area contributed by atoms with Crippen LogP contribution in [0.5, 0.6) is 5.75 Å². The fraction of sp³-hybridized carbons (Fsp3) is 0.304. The van der Waals surface area contributed by atoms with Crippen LogP contribution in [0.2, 0.25) is 4.34 Å². The van der Waals surface area contributed by atoms with Crippen LogP contribution < -0.4 is 9.46 Å². The van der Waals surface area contributed by atoms with Crippen molar-refractivity contribution in [2.75, 3.05) is 31.1 Å². The van der Waals surface area contributed by atoms with Crippen LogP contribution in [0.4, 0.5) is 18.9 Å². The Balaban J connectivity index is 1.54. The highest BCUT2D eigenvalue weighted by Gasteiger charge is 2.36. The molecule has 1 aliphatic rings. The monoisotopic (exact) mass is 546 g/mol. The minimum atomic E-state index is -4.56. The molecule has 4 rings (SSSR count). The molecule has 3 aromatic rings. The number of ether oxygens (including phenoxy) is 1. The van der Waals surface area contributed by atoms with Gasteiger partial charge >= 0.3 is 6.18 Å². The van der Waals surface area contributed by atoms with E-state index in [1.807, 2.05) is 42.5 Å². The molecule has 1 unspecified atom stereocenters. The number of thioether (sulfide) groups is 1. The van der Waals surface area contributed by atoms with Gasteiger partial charge < -0.3 is 14.2 Å². The van der Waals surface area contributed by atoms with Gasteiger partial charge in [-0.05, 0) is 49.6 Å². The maximum atomic E-state index is 13.5. The molecule has 2 aromatic carbocycles. The van der Waals surface area contributed by atoms with Crippen molar-refractivity contribution in [1.29, 1.82) is 0 Å². The third-order valence-electron chi connectivity index (χ3n) is 5.39. The molecule has 11 heteroatoms. The topological polar surface area (TPSA) is 47.6 Å². The van der Waals surface area contributed by atoms with Gasteiger partial charge in [-0.2, -0.15) is 13.2 Å². The molecule has 0 saturated carbocycles. The fourth-order valence-corrected chi connectivity index (χ4v) is 6.59. The summed E-state index contributed by atoms with van der Waals surface area (Å²) >= 11 is 7.49. The summed E-state index contributed by atoms with van der Waals surface area (Å²) in [6.07, 6.45) is -2.25. The maximum absolute atomic E-state index is 13.5. The molecule has 1 N–H and O–H groups in total. The van der Waals surface area contributed by atoms with E-state index in [1.54, 1.807) is 17.8 Å². The molecule has 1 fully saturated rings. The Kier molecular flexibility index (Phi) is 7.95. The van der Waals surface area contributed by atoms with Crippen LogP contribution in [0.25, 0.3) is 11.1 Å². The highest BCUT2D eigenvalue weighted by Crippen LogP contribution is 2.41. The minimum Gasteiger partial charge on any atom is -0.587 e. The van der Waals surface area contributed by atoms with Crippen LogP contribution in [0.3, 0.4) is 0 Å². The van der Waals surface area contributed by atoms with Gasteiger partial charge in [0.15, 0.2) is 0 Å². The van der Waals surface area contributed by atoms with Gasteiger partial charge in [0, 0.05) is 35.7 Å². The Morgan fingerprint density at radius 1 is 1.21 bits per heavy atom. The summed E-state index contributed by atoms with van der Waals surface area (Å²) in [7, 11) is 1.90. The molecular formula is C23H22ClF3N2O2S3. The Morgan fingerprint density at radius 3 is 2.56 bits per heavy atom. The summed E-state index contributed by atoms with van der Waals surface area (Å²) in [5.74, 6) is -0.270. The second-order valence-corrected chi connectivity index (χ2v) is 11.8. The Hall–Kier alpha value is -1.56. The zero-order valence-electron chi connectivity index (χ0n) is 18.3. The second-order valence-electron chi connectivity index (χ2n) is 7.85. The van der Waals surface area contributed by atoms with Crippen LogP contribution >= 0.6 is 34.7 Å². The van der Waals surface area contributed by atoms with Gasteiger partial charge in [0.1, 0.15) is 27.6 Å². The molecule has 1 saturated heterocycles. The number of anilines is 1. The quantitative estimate of drug-likeness (QED) is 0.255. The number of hydrogen-bond acceptors (Lipinski definition) is 6. The van der Waals surface area contributed by atoms with Crippen molar-refractivity contribution in [3.05, 3.63) is 58.4 Å². The van der Waals surface area contributed by atoms with Crippen LogP contribution in [-0.2, 0) is 17.5 Å². The van der Waals surface area contributed by atoms with Crippen LogP contribution in [-0.4, -0.2) is 41.9 Å². The van der Waals surface area contributed by atoms with E-state index in [0.717, 1.165) is 28.6 Å². The van der Waals surface area contributed by atoms with E-state index < -0.39 is 23.1 Å². The lowest BCUT2D eigenvalue weighted by atomic mass is 10.1. The molecule has 0 amide bonds. The number of likely N-dealkylation sites (tertiary alicyclic amines) is 1. The predicted molar refractivity (Wildman–Crippen MR) is 135 cm³/mol. The molecule has 0 spiro atoms. The number of likely N-dealkylation sites (N-methyl/N-ethyl adjacent to an activating group) is 1. The first-order chi connectivity index (χ1) is 16.1. The lowest BCUT2D eigenvalue weighted by Crippen LogP contribution is -2.23. The molecule has 4 nitrogen and oxygen atoms in total. The van der Waals surface area contributed by atoms with E-state index >= 15 is 0 Å². The van der Waals surface area contributed by atoms with Gasteiger partial charge in [-0.1, -0.05) is 35.1 Å². The molecule has 1 aromatic heterocycles. The number of nitrogens with one attached hydrogen (secondary N) is 1. The van der Waals surface area contributed by atoms with E-state index in [-0.39, 0.29) is 17.5 Å². The van der Waals surface area contributed by atoms with E-state index in [9.17, 15) is 17.7 Å². The van der Waals surface area contributed by atoms with E-state index in [0.29, 0.717) is 21.5 Å². The number of halogens is 4. The van der Waals surface area contributed by atoms with E-state index in [1.165, 1.54) is 23.5 Å². The lowest BCUT2D eigenvalue weighted by Gasteiger charge is -2.19. The van der Waals surface area contributed by atoms with Gasteiger partial charge in [-0.25, -0.2) is 4.72 Å². The van der Waals surface area contributed by atoms with Crippen molar-refractivity contribution < 1.29 is 22.5 Å². The number of benzene rings is 2. The number of thiophene rings is 1. The van der Waals surface area contributed by atoms with Gasteiger partial charge in [-0.3, -0.25) is 0 Å². The van der Waals surface area contributed by atoms with Gasteiger partial charge in [0.05, 0.1) is 11.3 Å². The van der Waals surface area contributed by atoms with Crippen molar-refractivity contribution in [3.63, 3.8) is 0 Å². The van der Waals surface area contributed by atoms with Crippen molar-refractivity contribution in [3.8, 4) is 16.9 Å². The molecule has 2 atom stereocenters. The second kappa shape index (κ2) is 10.6. The summed E-state index contributed by atoms with van der Waals surface area (Å²) < 4.78 is 63.0. The maximum Gasteiger partial charge on any atom is 0.419 e. The standard InChI is InChI=1S/C23H22ClF3N2O2S3/c1-29-10-9-16(13-29)31-20-11-15(5-8-19(20)23(25,26)27)28-34(30)21-12-18(22(24)33-21)14-3-6-17(32-2)7-4-14/h3-8,11-12,16,28H,9-10,13H2,1-2H3/t16-,34?/m1/s1. The third-order valence-corrected chi connectivity index (χ3v) is 8.89.